The minimum atomic E-state index is -0.313. The molecule has 5 heteroatoms. The highest BCUT2D eigenvalue weighted by atomic mass is 19.1. The van der Waals surface area contributed by atoms with Crippen molar-refractivity contribution in [2.24, 2.45) is 0 Å². The van der Waals surface area contributed by atoms with Crippen LogP contribution in [0.15, 0.2) is 18.2 Å². The molecular weight excluding hydrogens is 259 g/mol. The Bertz CT molecular complexity index is 549. The molecule has 0 spiro atoms. The molecule has 0 aromatic heterocycles. The number of nitrogens with one attached hydrogen (secondary N) is 1. The van der Waals surface area contributed by atoms with E-state index in [4.69, 9.17) is 5.11 Å². The predicted octanol–water partition coefficient (Wildman–Crippen LogP) is 0.491. The van der Waals surface area contributed by atoms with Crippen molar-refractivity contribution in [1.82, 2.24) is 10.2 Å². The molecule has 106 valence electrons. The molecule has 1 heterocycles. The van der Waals surface area contributed by atoms with E-state index in [9.17, 15) is 9.18 Å². The van der Waals surface area contributed by atoms with Gasteiger partial charge in [-0.25, -0.2) is 4.39 Å². The standard InChI is InChI=1S/C15H17FN2O2/c16-14-9-12(3-1-2-8-19)4-5-13(14)10-18-7-6-17-15(20)11-18/h4-5,9,19H,2,6-8,10-11H2,(H,17,20). The quantitative estimate of drug-likeness (QED) is 0.790. The third-order valence-corrected chi connectivity index (χ3v) is 3.03. The Hall–Kier alpha value is -1.90. The third kappa shape index (κ3) is 4.05. The zero-order valence-electron chi connectivity index (χ0n) is 11.2. The van der Waals surface area contributed by atoms with E-state index in [2.05, 4.69) is 17.2 Å². The van der Waals surface area contributed by atoms with Gasteiger partial charge in [0.05, 0.1) is 13.2 Å². The van der Waals surface area contributed by atoms with Crippen LogP contribution in [0.4, 0.5) is 4.39 Å². The Morgan fingerprint density at radius 3 is 3.00 bits per heavy atom. The summed E-state index contributed by atoms with van der Waals surface area (Å²) in [6.07, 6.45) is 0.381. The molecule has 1 aromatic carbocycles. The van der Waals surface area contributed by atoms with Crippen molar-refractivity contribution in [3.05, 3.63) is 35.1 Å². The van der Waals surface area contributed by atoms with Crippen LogP contribution in [0, 0.1) is 17.7 Å². The summed E-state index contributed by atoms with van der Waals surface area (Å²) >= 11 is 0. The number of amides is 1. The monoisotopic (exact) mass is 276 g/mol. The number of nitrogens with zero attached hydrogens (tertiary/aromatic N) is 1. The summed E-state index contributed by atoms with van der Waals surface area (Å²) in [5, 5.41) is 11.4. The van der Waals surface area contributed by atoms with Crippen molar-refractivity contribution in [3.8, 4) is 11.8 Å². The van der Waals surface area contributed by atoms with Gasteiger partial charge in [-0.15, -0.1) is 0 Å². The number of aliphatic hydroxyl groups excluding tert-OH is 1. The summed E-state index contributed by atoms with van der Waals surface area (Å²) in [5.41, 5.74) is 1.16. The molecule has 1 fully saturated rings. The van der Waals surface area contributed by atoms with Crippen LogP contribution in [-0.4, -0.2) is 42.2 Å². The van der Waals surface area contributed by atoms with E-state index in [1.807, 2.05) is 4.90 Å². The molecule has 2 N–H and O–H groups in total. The molecule has 0 unspecified atom stereocenters. The number of hydrogen-bond donors (Lipinski definition) is 2. The fraction of sp³-hybridized carbons (Fsp3) is 0.400. The second kappa shape index (κ2) is 7.04. The summed E-state index contributed by atoms with van der Waals surface area (Å²) in [6.45, 7) is 2.06. The van der Waals surface area contributed by atoms with E-state index in [0.717, 1.165) is 6.54 Å². The van der Waals surface area contributed by atoms with E-state index < -0.39 is 0 Å². The minimum Gasteiger partial charge on any atom is -0.395 e. The van der Waals surface area contributed by atoms with E-state index in [1.54, 1.807) is 12.1 Å². The van der Waals surface area contributed by atoms with Crippen LogP contribution in [0.3, 0.4) is 0 Å². The molecule has 0 atom stereocenters. The molecule has 1 amide bonds. The van der Waals surface area contributed by atoms with E-state index in [-0.39, 0.29) is 18.3 Å². The first-order valence-corrected chi connectivity index (χ1v) is 6.56. The molecule has 0 bridgehead atoms. The topological polar surface area (TPSA) is 52.6 Å². The third-order valence-electron chi connectivity index (χ3n) is 3.03. The highest BCUT2D eigenvalue weighted by Crippen LogP contribution is 2.13. The van der Waals surface area contributed by atoms with Gasteiger partial charge in [0.25, 0.3) is 0 Å². The van der Waals surface area contributed by atoms with Crippen LogP contribution in [0.1, 0.15) is 17.5 Å². The number of rotatable bonds is 3. The summed E-state index contributed by atoms with van der Waals surface area (Å²) in [4.78, 5) is 13.2. The molecule has 0 radical (unpaired) electrons. The van der Waals surface area contributed by atoms with Gasteiger partial charge in [-0.1, -0.05) is 17.9 Å². The van der Waals surface area contributed by atoms with E-state index >= 15 is 0 Å². The Balaban J connectivity index is 2.02. The van der Waals surface area contributed by atoms with Crippen molar-refractivity contribution < 1.29 is 14.3 Å². The van der Waals surface area contributed by atoms with Crippen molar-refractivity contribution in [2.45, 2.75) is 13.0 Å². The normalized spacial score (nSPS) is 15.4. The molecule has 2 rings (SSSR count). The van der Waals surface area contributed by atoms with Crippen molar-refractivity contribution >= 4 is 5.91 Å². The summed E-state index contributed by atoms with van der Waals surface area (Å²) < 4.78 is 14.0. The van der Waals surface area contributed by atoms with Crippen LogP contribution in [0.25, 0.3) is 0 Å². The second-order valence-electron chi connectivity index (χ2n) is 4.64. The lowest BCUT2D eigenvalue weighted by molar-refractivity contribution is -0.124. The van der Waals surface area contributed by atoms with Gasteiger partial charge >= 0.3 is 0 Å². The number of carbonyl (C=O) groups is 1. The zero-order chi connectivity index (χ0) is 14.4. The number of hydrogen-bond acceptors (Lipinski definition) is 3. The largest absolute Gasteiger partial charge is 0.395 e. The smallest absolute Gasteiger partial charge is 0.234 e. The summed E-state index contributed by atoms with van der Waals surface area (Å²) in [5.74, 6) is 5.21. The van der Waals surface area contributed by atoms with Gasteiger partial charge in [-0.3, -0.25) is 9.69 Å². The molecule has 1 saturated heterocycles. The molecule has 0 aliphatic carbocycles. The number of piperazine rings is 1. The fourth-order valence-corrected chi connectivity index (χ4v) is 2.04. The minimum absolute atomic E-state index is 0.00455. The SMILES string of the molecule is O=C1CN(Cc2ccc(C#CCCO)cc2F)CCN1. The number of benzene rings is 1. The first kappa shape index (κ1) is 14.5. The van der Waals surface area contributed by atoms with Crippen LogP contribution in [-0.2, 0) is 11.3 Å². The molecule has 20 heavy (non-hydrogen) atoms. The summed E-state index contributed by atoms with van der Waals surface area (Å²) in [6, 6.07) is 4.85. The van der Waals surface area contributed by atoms with Gasteiger partial charge in [-0.2, -0.15) is 0 Å². The van der Waals surface area contributed by atoms with Crippen LogP contribution in [0.5, 0.6) is 0 Å². The fourth-order valence-electron chi connectivity index (χ4n) is 2.04. The number of halogens is 1. The Morgan fingerprint density at radius 1 is 1.45 bits per heavy atom. The highest BCUT2D eigenvalue weighted by Gasteiger charge is 2.17. The Kier molecular flexibility index (Phi) is 5.10. The molecule has 4 nitrogen and oxygen atoms in total. The molecule has 0 saturated carbocycles. The maximum absolute atomic E-state index is 14.0. The van der Waals surface area contributed by atoms with Gasteiger partial charge in [-0.05, 0) is 12.1 Å². The van der Waals surface area contributed by atoms with Gasteiger partial charge in [0.2, 0.25) is 5.91 Å². The van der Waals surface area contributed by atoms with Crippen LogP contribution >= 0.6 is 0 Å². The van der Waals surface area contributed by atoms with Crippen LogP contribution < -0.4 is 5.32 Å². The second-order valence-corrected chi connectivity index (χ2v) is 4.64. The molecule has 1 aliphatic rings. The maximum atomic E-state index is 14.0. The molecular formula is C15H17FN2O2. The van der Waals surface area contributed by atoms with E-state index in [1.165, 1.54) is 6.07 Å². The molecule has 1 aliphatic heterocycles. The van der Waals surface area contributed by atoms with Gasteiger partial charge in [0, 0.05) is 37.2 Å². The zero-order valence-corrected chi connectivity index (χ0v) is 11.2. The lowest BCUT2D eigenvalue weighted by atomic mass is 10.1. The summed E-state index contributed by atoms with van der Waals surface area (Å²) in [7, 11) is 0. The van der Waals surface area contributed by atoms with Crippen molar-refractivity contribution in [3.63, 3.8) is 0 Å². The van der Waals surface area contributed by atoms with Gasteiger partial charge in [0.15, 0.2) is 0 Å². The highest BCUT2D eigenvalue weighted by molar-refractivity contribution is 5.78. The number of aliphatic hydroxyl groups is 1. The maximum Gasteiger partial charge on any atom is 0.234 e. The van der Waals surface area contributed by atoms with Gasteiger partial charge < -0.3 is 10.4 Å². The Labute approximate surface area is 117 Å². The molecule has 1 aromatic rings. The lowest BCUT2D eigenvalue weighted by Gasteiger charge is -2.26. The van der Waals surface area contributed by atoms with Crippen molar-refractivity contribution in [2.75, 3.05) is 26.2 Å². The van der Waals surface area contributed by atoms with Crippen LogP contribution in [0.2, 0.25) is 0 Å². The van der Waals surface area contributed by atoms with Crippen molar-refractivity contribution in [1.29, 1.82) is 0 Å². The first-order chi connectivity index (χ1) is 9.69. The lowest BCUT2D eigenvalue weighted by Crippen LogP contribution is -2.47. The van der Waals surface area contributed by atoms with E-state index in [0.29, 0.717) is 37.2 Å². The van der Waals surface area contributed by atoms with Gasteiger partial charge in [0.1, 0.15) is 5.82 Å². The Morgan fingerprint density at radius 2 is 2.30 bits per heavy atom. The average Bonchev–Trinajstić information content (AvgIpc) is 2.42. The average molecular weight is 276 g/mol. The predicted molar refractivity (Wildman–Crippen MR) is 73.3 cm³/mol. The first-order valence-electron chi connectivity index (χ1n) is 6.56. The number of carbonyl (C=O) groups excluding carboxylic acids is 1.